The molecule has 0 aliphatic rings. The van der Waals surface area contributed by atoms with Crippen LogP contribution in [0.2, 0.25) is 0 Å². The lowest BCUT2D eigenvalue weighted by atomic mass is 9.99. The van der Waals surface area contributed by atoms with Gasteiger partial charge in [-0.1, -0.05) is 24.3 Å². The summed E-state index contributed by atoms with van der Waals surface area (Å²) in [6, 6.07) is 11.7. The summed E-state index contributed by atoms with van der Waals surface area (Å²) < 4.78 is 22.4. The van der Waals surface area contributed by atoms with Crippen molar-refractivity contribution in [3.63, 3.8) is 0 Å². The highest BCUT2D eigenvalue weighted by Crippen LogP contribution is 2.48. The summed E-state index contributed by atoms with van der Waals surface area (Å²) >= 11 is 0. The molecule has 22 heavy (non-hydrogen) atoms. The van der Waals surface area contributed by atoms with Gasteiger partial charge >= 0.3 is 0 Å². The van der Waals surface area contributed by atoms with Gasteiger partial charge < -0.3 is 18.9 Å². The normalized spacial score (nSPS) is 10.7. The lowest BCUT2D eigenvalue weighted by Crippen LogP contribution is -1.96. The number of benzene rings is 3. The highest BCUT2D eigenvalue weighted by molar-refractivity contribution is 6.15. The van der Waals surface area contributed by atoms with Crippen molar-refractivity contribution in [2.45, 2.75) is 0 Å². The third-order valence-electron chi connectivity index (χ3n) is 3.84. The maximum Gasteiger partial charge on any atom is 0.142 e. The Bertz CT molecular complexity index is 774. The van der Waals surface area contributed by atoms with Gasteiger partial charge in [0.05, 0.1) is 39.2 Å². The van der Waals surface area contributed by atoms with Gasteiger partial charge in [-0.2, -0.15) is 0 Å². The number of fused-ring (bicyclic) bond motifs is 2. The first-order chi connectivity index (χ1) is 10.8. The standard InChI is InChI=1S/C18H18O4/c1-19-13-9-5-7-11-15(13)18(22-4)16-12(17(11)21-3)8-6-10-14(16)20-2/h5-10H,1-4H3. The van der Waals surface area contributed by atoms with Crippen molar-refractivity contribution in [2.24, 2.45) is 0 Å². The van der Waals surface area contributed by atoms with E-state index in [4.69, 9.17) is 18.9 Å². The van der Waals surface area contributed by atoms with Crippen molar-refractivity contribution < 1.29 is 18.9 Å². The zero-order valence-electron chi connectivity index (χ0n) is 13.1. The Labute approximate surface area is 129 Å². The molecule has 4 nitrogen and oxygen atoms in total. The molecule has 0 atom stereocenters. The Hall–Kier alpha value is -2.62. The molecule has 4 heteroatoms. The van der Waals surface area contributed by atoms with Crippen LogP contribution in [0.5, 0.6) is 23.0 Å². The van der Waals surface area contributed by atoms with E-state index in [1.54, 1.807) is 28.4 Å². The Morgan fingerprint density at radius 3 is 1.36 bits per heavy atom. The van der Waals surface area contributed by atoms with E-state index in [0.29, 0.717) is 0 Å². The van der Waals surface area contributed by atoms with E-state index in [-0.39, 0.29) is 0 Å². The molecule has 0 spiro atoms. The highest BCUT2D eigenvalue weighted by atomic mass is 16.5. The lowest BCUT2D eigenvalue weighted by molar-refractivity contribution is 0.398. The molecule has 0 saturated heterocycles. The van der Waals surface area contributed by atoms with Crippen LogP contribution >= 0.6 is 0 Å². The van der Waals surface area contributed by atoms with Gasteiger partial charge in [-0.05, 0) is 12.1 Å². The molecule has 0 aliphatic carbocycles. The summed E-state index contributed by atoms with van der Waals surface area (Å²) in [4.78, 5) is 0. The summed E-state index contributed by atoms with van der Waals surface area (Å²) in [5.74, 6) is 2.98. The van der Waals surface area contributed by atoms with E-state index < -0.39 is 0 Å². The zero-order valence-corrected chi connectivity index (χ0v) is 13.1. The average molecular weight is 298 g/mol. The van der Waals surface area contributed by atoms with E-state index in [2.05, 4.69) is 0 Å². The van der Waals surface area contributed by atoms with Crippen LogP contribution < -0.4 is 18.9 Å². The largest absolute Gasteiger partial charge is 0.496 e. The van der Waals surface area contributed by atoms with Crippen molar-refractivity contribution in [1.82, 2.24) is 0 Å². The fraction of sp³-hybridized carbons (Fsp3) is 0.222. The number of hydrogen-bond donors (Lipinski definition) is 0. The van der Waals surface area contributed by atoms with Crippen molar-refractivity contribution in [3.05, 3.63) is 36.4 Å². The average Bonchev–Trinajstić information content (AvgIpc) is 2.58. The molecule has 0 aliphatic heterocycles. The predicted octanol–water partition coefficient (Wildman–Crippen LogP) is 4.03. The number of rotatable bonds is 4. The van der Waals surface area contributed by atoms with E-state index in [0.717, 1.165) is 44.5 Å². The minimum atomic E-state index is 0.723. The monoisotopic (exact) mass is 298 g/mol. The van der Waals surface area contributed by atoms with Gasteiger partial charge in [0, 0.05) is 10.8 Å². The third-order valence-corrected chi connectivity index (χ3v) is 3.84. The first-order valence-electron chi connectivity index (χ1n) is 6.94. The summed E-state index contributed by atoms with van der Waals surface area (Å²) in [5, 5.41) is 3.64. The summed E-state index contributed by atoms with van der Waals surface area (Å²) in [6.07, 6.45) is 0. The molecule has 0 N–H and O–H groups in total. The minimum Gasteiger partial charge on any atom is -0.496 e. The van der Waals surface area contributed by atoms with Crippen molar-refractivity contribution in [3.8, 4) is 23.0 Å². The van der Waals surface area contributed by atoms with Crippen LogP contribution in [-0.4, -0.2) is 28.4 Å². The third kappa shape index (κ3) is 1.91. The number of hydrogen-bond acceptors (Lipinski definition) is 4. The second kappa shape index (κ2) is 5.64. The van der Waals surface area contributed by atoms with Crippen LogP contribution in [0.25, 0.3) is 21.5 Å². The van der Waals surface area contributed by atoms with E-state index in [1.165, 1.54) is 0 Å². The van der Waals surface area contributed by atoms with Gasteiger partial charge in [-0.3, -0.25) is 0 Å². The van der Waals surface area contributed by atoms with Crippen LogP contribution in [0, 0.1) is 0 Å². The Kier molecular flexibility index (Phi) is 3.67. The molecule has 0 saturated carbocycles. The van der Waals surface area contributed by atoms with Crippen LogP contribution in [0.1, 0.15) is 0 Å². The molecule has 0 bridgehead atoms. The van der Waals surface area contributed by atoms with Gasteiger partial charge in [-0.25, -0.2) is 0 Å². The van der Waals surface area contributed by atoms with Crippen molar-refractivity contribution >= 4 is 21.5 Å². The molecule has 3 aromatic carbocycles. The quantitative estimate of drug-likeness (QED) is 0.682. The molecular weight excluding hydrogens is 280 g/mol. The minimum absolute atomic E-state index is 0.723. The van der Waals surface area contributed by atoms with Gasteiger partial charge in [0.1, 0.15) is 23.0 Å². The molecule has 0 radical (unpaired) electrons. The predicted molar refractivity (Wildman–Crippen MR) is 87.7 cm³/mol. The molecule has 0 heterocycles. The number of methoxy groups -OCH3 is 4. The Morgan fingerprint density at radius 2 is 1.00 bits per heavy atom. The van der Waals surface area contributed by atoms with Crippen molar-refractivity contribution in [1.29, 1.82) is 0 Å². The fourth-order valence-corrected chi connectivity index (χ4v) is 2.94. The second-order valence-electron chi connectivity index (χ2n) is 4.83. The zero-order chi connectivity index (χ0) is 15.7. The molecular formula is C18H18O4. The molecule has 0 aromatic heterocycles. The van der Waals surface area contributed by atoms with Crippen molar-refractivity contribution in [2.75, 3.05) is 28.4 Å². The second-order valence-corrected chi connectivity index (χ2v) is 4.83. The van der Waals surface area contributed by atoms with Gasteiger partial charge in [0.2, 0.25) is 0 Å². The van der Waals surface area contributed by atoms with Crippen LogP contribution in [0.3, 0.4) is 0 Å². The molecule has 3 rings (SSSR count). The molecule has 0 fully saturated rings. The highest BCUT2D eigenvalue weighted by Gasteiger charge is 2.20. The van der Waals surface area contributed by atoms with E-state index >= 15 is 0 Å². The SMILES string of the molecule is COc1c2cccc(OC)c2c(OC)c2c(OC)cccc12. The molecule has 3 aromatic rings. The van der Waals surface area contributed by atoms with E-state index in [1.807, 2.05) is 36.4 Å². The Morgan fingerprint density at radius 1 is 0.545 bits per heavy atom. The van der Waals surface area contributed by atoms with Crippen LogP contribution in [-0.2, 0) is 0 Å². The lowest BCUT2D eigenvalue weighted by Gasteiger charge is -2.18. The van der Waals surface area contributed by atoms with Gasteiger partial charge in [-0.15, -0.1) is 0 Å². The molecule has 0 amide bonds. The van der Waals surface area contributed by atoms with Gasteiger partial charge in [0.15, 0.2) is 0 Å². The van der Waals surface area contributed by atoms with E-state index in [9.17, 15) is 0 Å². The number of ether oxygens (including phenoxy) is 4. The Balaban J connectivity index is 2.64. The fourth-order valence-electron chi connectivity index (χ4n) is 2.94. The molecule has 0 unspecified atom stereocenters. The van der Waals surface area contributed by atoms with Gasteiger partial charge in [0.25, 0.3) is 0 Å². The summed E-state index contributed by atoms with van der Waals surface area (Å²) in [5.41, 5.74) is 0. The van der Waals surface area contributed by atoms with Crippen LogP contribution in [0.4, 0.5) is 0 Å². The maximum absolute atomic E-state index is 5.71. The van der Waals surface area contributed by atoms with Crippen LogP contribution in [0.15, 0.2) is 36.4 Å². The maximum atomic E-state index is 5.71. The first kappa shape index (κ1) is 14.3. The summed E-state index contributed by atoms with van der Waals surface area (Å²) in [7, 11) is 6.61. The topological polar surface area (TPSA) is 36.9 Å². The first-order valence-corrected chi connectivity index (χ1v) is 6.94. The summed E-state index contributed by atoms with van der Waals surface area (Å²) in [6.45, 7) is 0. The molecule has 114 valence electrons. The smallest absolute Gasteiger partial charge is 0.142 e.